The molecule has 1 heterocycles. The Kier molecular flexibility index (Phi) is 6.00. The fourth-order valence-corrected chi connectivity index (χ4v) is 3.32. The van der Waals surface area contributed by atoms with Crippen LogP contribution in [0.3, 0.4) is 0 Å². The Bertz CT molecular complexity index is 931. The minimum atomic E-state index is 0.0658. The molecular formula is C23H26N4O. The molecule has 0 unspecified atom stereocenters. The number of aryl methyl sites for hydroxylation is 1. The Hall–Kier alpha value is -3.26. The minimum absolute atomic E-state index is 0.0658. The van der Waals surface area contributed by atoms with Crippen molar-refractivity contribution in [2.45, 2.75) is 19.8 Å². The number of benzene rings is 2. The van der Waals surface area contributed by atoms with E-state index in [0.29, 0.717) is 12.1 Å². The normalized spacial score (nSPS) is 13.0. The molecule has 0 atom stereocenters. The molecule has 5 nitrogen and oxygen atoms in total. The number of nitrogen functional groups attached to an aromatic ring is 1. The second kappa shape index (κ2) is 8.62. The maximum absolute atomic E-state index is 12.6. The molecule has 0 aromatic heterocycles. The van der Waals surface area contributed by atoms with Gasteiger partial charge in [-0.1, -0.05) is 11.8 Å². The summed E-state index contributed by atoms with van der Waals surface area (Å²) in [5.41, 5.74) is 9.87. The zero-order valence-electron chi connectivity index (χ0n) is 16.5. The van der Waals surface area contributed by atoms with E-state index in [1.165, 1.54) is 0 Å². The largest absolute Gasteiger partial charge is 0.384 e. The van der Waals surface area contributed by atoms with Crippen molar-refractivity contribution in [3.05, 3.63) is 64.7 Å². The molecule has 1 amide bonds. The maximum atomic E-state index is 12.6. The maximum Gasteiger partial charge on any atom is 0.254 e. The first-order valence-electron chi connectivity index (χ1n) is 9.50. The van der Waals surface area contributed by atoms with Gasteiger partial charge in [0, 0.05) is 42.5 Å². The summed E-state index contributed by atoms with van der Waals surface area (Å²) in [6, 6.07) is 13.3. The quantitative estimate of drug-likeness (QED) is 0.491. The summed E-state index contributed by atoms with van der Waals surface area (Å²) in [7, 11) is 1.97. The van der Waals surface area contributed by atoms with Crippen LogP contribution in [0.15, 0.2) is 42.5 Å². The van der Waals surface area contributed by atoms with Crippen LogP contribution >= 0.6 is 0 Å². The van der Waals surface area contributed by atoms with E-state index in [2.05, 4.69) is 11.8 Å². The number of hydrogen-bond donors (Lipinski definition) is 2. The van der Waals surface area contributed by atoms with E-state index < -0.39 is 0 Å². The monoisotopic (exact) mass is 374 g/mol. The van der Waals surface area contributed by atoms with Gasteiger partial charge in [0.15, 0.2) is 0 Å². The summed E-state index contributed by atoms with van der Waals surface area (Å²) in [5, 5.41) is 7.44. The van der Waals surface area contributed by atoms with E-state index in [0.717, 1.165) is 48.3 Å². The molecule has 0 saturated carbocycles. The van der Waals surface area contributed by atoms with Crippen LogP contribution in [0.2, 0.25) is 0 Å². The van der Waals surface area contributed by atoms with Crippen molar-refractivity contribution in [2.75, 3.05) is 31.6 Å². The summed E-state index contributed by atoms with van der Waals surface area (Å²) in [5.74, 6) is 6.56. The minimum Gasteiger partial charge on any atom is -0.384 e. The van der Waals surface area contributed by atoms with Gasteiger partial charge in [-0.2, -0.15) is 0 Å². The number of nitrogens with one attached hydrogen (secondary N) is 1. The third kappa shape index (κ3) is 4.52. The van der Waals surface area contributed by atoms with Gasteiger partial charge in [0.1, 0.15) is 5.84 Å². The highest BCUT2D eigenvalue weighted by molar-refractivity contribution is 5.96. The molecule has 1 saturated heterocycles. The van der Waals surface area contributed by atoms with Crippen LogP contribution in [0.1, 0.15) is 39.9 Å². The molecule has 1 fully saturated rings. The second-order valence-electron chi connectivity index (χ2n) is 7.15. The lowest BCUT2D eigenvalue weighted by Crippen LogP contribution is -2.28. The van der Waals surface area contributed by atoms with Crippen molar-refractivity contribution in [2.24, 2.45) is 5.73 Å². The molecule has 0 bridgehead atoms. The fourth-order valence-electron chi connectivity index (χ4n) is 3.32. The van der Waals surface area contributed by atoms with E-state index in [4.69, 9.17) is 11.1 Å². The van der Waals surface area contributed by atoms with Crippen LogP contribution in [-0.4, -0.2) is 43.3 Å². The van der Waals surface area contributed by atoms with Gasteiger partial charge >= 0.3 is 0 Å². The average molecular weight is 374 g/mol. The summed E-state index contributed by atoms with van der Waals surface area (Å²) in [6.07, 6.45) is 2.19. The number of nitrogens with two attached hydrogens (primary N) is 1. The van der Waals surface area contributed by atoms with Crippen LogP contribution in [-0.2, 0) is 0 Å². The van der Waals surface area contributed by atoms with Crippen LogP contribution in [0.25, 0.3) is 0 Å². The Morgan fingerprint density at radius 3 is 2.46 bits per heavy atom. The van der Waals surface area contributed by atoms with Gasteiger partial charge in [-0.25, -0.2) is 0 Å². The van der Waals surface area contributed by atoms with Gasteiger partial charge in [-0.15, -0.1) is 0 Å². The topological polar surface area (TPSA) is 73.4 Å². The third-order valence-electron chi connectivity index (χ3n) is 5.02. The van der Waals surface area contributed by atoms with Gasteiger partial charge in [0.25, 0.3) is 5.91 Å². The highest BCUT2D eigenvalue weighted by Gasteiger charge is 2.20. The molecule has 0 spiro atoms. The standard InChI is InChI=1S/C23H26N4O/c1-17-16-18(7-12-21(17)23(28)27-14-3-4-15-27)6-5-13-26(2)20-10-8-19(9-11-20)22(24)25/h7-12,16H,3-4,13-15H2,1-2H3,(H3,24,25). The Morgan fingerprint density at radius 1 is 1.18 bits per heavy atom. The number of nitrogens with zero attached hydrogens (tertiary/aromatic N) is 2. The Morgan fingerprint density at radius 2 is 1.86 bits per heavy atom. The molecule has 28 heavy (non-hydrogen) atoms. The number of carbonyl (C=O) groups is 1. The van der Waals surface area contributed by atoms with Crippen molar-refractivity contribution in [3.63, 3.8) is 0 Å². The molecule has 0 radical (unpaired) electrons. The van der Waals surface area contributed by atoms with E-state index in [9.17, 15) is 4.79 Å². The Labute approximate surface area is 166 Å². The van der Waals surface area contributed by atoms with Gasteiger partial charge < -0.3 is 15.5 Å². The Balaban J connectivity index is 1.64. The first-order valence-corrected chi connectivity index (χ1v) is 9.50. The molecule has 1 aliphatic heterocycles. The first-order chi connectivity index (χ1) is 13.5. The van der Waals surface area contributed by atoms with E-state index >= 15 is 0 Å². The molecular weight excluding hydrogens is 348 g/mol. The zero-order valence-corrected chi connectivity index (χ0v) is 16.5. The lowest BCUT2D eigenvalue weighted by atomic mass is 10.0. The number of anilines is 1. The summed E-state index contributed by atoms with van der Waals surface area (Å²) in [6.45, 7) is 4.27. The highest BCUT2D eigenvalue weighted by atomic mass is 16.2. The van der Waals surface area contributed by atoms with E-state index in [-0.39, 0.29) is 11.7 Å². The summed E-state index contributed by atoms with van der Waals surface area (Å²) in [4.78, 5) is 16.5. The third-order valence-corrected chi connectivity index (χ3v) is 5.02. The predicted molar refractivity (Wildman–Crippen MR) is 114 cm³/mol. The predicted octanol–water partition coefficient (Wildman–Crippen LogP) is 3.00. The molecule has 0 aliphatic carbocycles. The molecule has 2 aromatic rings. The van der Waals surface area contributed by atoms with Crippen LogP contribution < -0.4 is 10.6 Å². The zero-order chi connectivity index (χ0) is 20.1. The molecule has 3 N–H and O–H groups in total. The number of carbonyl (C=O) groups excluding carboxylic acids is 1. The van der Waals surface area contributed by atoms with E-state index in [1.807, 2.05) is 66.2 Å². The SMILES string of the molecule is Cc1cc(C#CCN(C)c2ccc(C(=N)N)cc2)ccc1C(=O)N1CCCC1. The fraction of sp³-hybridized carbons (Fsp3) is 0.304. The van der Waals surface area contributed by atoms with Crippen molar-refractivity contribution in [1.82, 2.24) is 4.90 Å². The van der Waals surface area contributed by atoms with Crippen LogP contribution in [0.5, 0.6) is 0 Å². The number of amidine groups is 1. The summed E-state index contributed by atoms with van der Waals surface area (Å²) >= 11 is 0. The second-order valence-corrected chi connectivity index (χ2v) is 7.15. The summed E-state index contributed by atoms with van der Waals surface area (Å²) < 4.78 is 0. The first kappa shape index (κ1) is 19.5. The van der Waals surface area contributed by atoms with Crippen molar-refractivity contribution in [1.29, 1.82) is 5.41 Å². The van der Waals surface area contributed by atoms with E-state index in [1.54, 1.807) is 0 Å². The van der Waals surface area contributed by atoms with Crippen LogP contribution in [0.4, 0.5) is 5.69 Å². The molecule has 5 heteroatoms. The molecule has 1 aliphatic rings. The number of rotatable bonds is 4. The highest BCUT2D eigenvalue weighted by Crippen LogP contribution is 2.17. The molecule has 3 rings (SSSR count). The number of amides is 1. The molecule has 2 aromatic carbocycles. The number of likely N-dealkylation sites (tertiary alicyclic amines) is 1. The molecule has 144 valence electrons. The van der Waals surface area contributed by atoms with Gasteiger partial charge in [-0.05, 0) is 67.8 Å². The lowest BCUT2D eigenvalue weighted by molar-refractivity contribution is 0.0792. The average Bonchev–Trinajstić information content (AvgIpc) is 3.22. The smallest absolute Gasteiger partial charge is 0.254 e. The van der Waals surface area contributed by atoms with Crippen molar-refractivity contribution >= 4 is 17.4 Å². The van der Waals surface area contributed by atoms with Crippen molar-refractivity contribution < 1.29 is 4.79 Å². The van der Waals surface area contributed by atoms with Crippen molar-refractivity contribution in [3.8, 4) is 11.8 Å². The van der Waals surface area contributed by atoms with Gasteiger partial charge in [0.05, 0.1) is 6.54 Å². The van der Waals surface area contributed by atoms with Gasteiger partial charge in [-0.3, -0.25) is 10.2 Å². The van der Waals surface area contributed by atoms with Crippen LogP contribution in [0, 0.1) is 24.2 Å². The number of hydrogen-bond acceptors (Lipinski definition) is 3. The lowest BCUT2D eigenvalue weighted by Gasteiger charge is -2.17. The van der Waals surface area contributed by atoms with Gasteiger partial charge in [0.2, 0.25) is 0 Å².